The van der Waals surface area contributed by atoms with Gasteiger partial charge in [0.25, 0.3) is 5.91 Å². The summed E-state index contributed by atoms with van der Waals surface area (Å²) in [5, 5.41) is 0. The molecule has 0 saturated carbocycles. The third-order valence-corrected chi connectivity index (χ3v) is 4.91. The van der Waals surface area contributed by atoms with Crippen molar-refractivity contribution in [3.05, 3.63) is 64.7 Å². The molecule has 0 spiro atoms. The van der Waals surface area contributed by atoms with E-state index in [-0.39, 0.29) is 10.8 Å². The Labute approximate surface area is 137 Å². The SMILES string of the molecule is Cc1ccc(CN(C)C(=O)c2ccc(S(C)(=O)=O)cc2)c(C)c1. The van der Waals surface area contributed by atoms with Crippen LogP contribution in [-0.2, 0) is 16.4 Å². The molecule has 2 aromatic carbocycles. The van der Waals surface area contributed by atoms with Crippen molar-refractivity contribution in [3.8, 4) is 0 Å². The Morgan fingerprint density at radius 1 is 1.04 bits per heavy atom. The Morgan fingerprint density at radius 3 is 2.17 bits per heavy atom. The maximum Gasteiger partial charge on any atom is 0.253 e. The van der Waals surface area contributed by atoms with Crippen LogP contribution < -0.4 is 0 Å². The van der Waals surface area contributed by atoms with Gasteiger partial charge in [0.15, 0.2) is 9.84 Å². The molecule has 0 aliphatic heterocycles. The van der Waals surface area contributed by atoms with E-state index in [1.165, 1.54) is 17.7 Å². The van der Waals surface area contributed by atoms with Gasteiger partial charge in [-0.05, 0) is 49.2 Å². The molecule has 122 valence electrons. The summed E-state index contributed by atoms with van der Waals surface area (Å²) in [6, 6.07) is 12.2. The van der Waals surface area contributed by atoms with Gasteiger partial charge in [-0.2, -0.15) is 0 Å². The molecule has 0 radical (unpaired) electrons. The van der Waals surface area contributed by atoms with Gasteiger partial charge >= 0.3 is 0 Å². The highest BCUT2D eigenvalue weighted by atomic mass is 32.2. The van der Waals surface area contributed by atoms with Crippen molar-refractivity contribution in [1.29, 1.82) is 0 Å². The number of amides is 1. The lowest BCUT2D eigenvalue weighted by atomic mass is 10.1. The molecule has 0 heterocycles. The number of benzene rings is 2. The van der Waals surface area contributed by atoms with Crippen LogP contribution in [0.1, 0.15) is 27.0 Å². The summed E-state index contributed by atoms with van der Waals surface area (Å²) >= 11 is 0. The molecule has 0 bridgehead atoms. The first-order valence-corrected chi connectivity index (χ1v) is 9.19. The van der Waals surface area contributed by atoms with Crippen LogP contribution in [0.4, 0.5) is 0 Å². The van der Waals surface area contributed by atoms with E-state index in [4.69, 9.17) is 0 Å². The second kappa shape index (κ2) is 6.54. The van der Waals surface area contributed by atoms with Crippen molar-refractivity contribution >= 4 is 15.7 Å². The number of nitrogens with zero attached hydrogens (tertiary/aromatic N) is 1. The molecule has 0 atom stereocenters. The Hall–Kier alpha value is -2.14. The standard InChI is InChI=1S/C18H21NO3S/c1-13-5-6-16(14(2)11-13)12-19(3)18(20)15-7-9-17(10-8-15)23(4,21)22/h5-11H,12H2,1-4H3. The van der Waals surface area contributed by atoms with Gasteiger partial charge in [0.1, 0.15) is 0 Å². The summed E-state index contributed by atoms with van der Waals surface area (Å²) in [6.45, 7) is 4.58. The highest BCUT2D eigenvalue weighted by Crippen LogP contribution is 2.15. The third kappa shape index (κ3) is 4.20. The molecule has 1 amide bonds. The molecule has 23 heavy (non-hydrogen) atoms. The van der Waals surface area contributed by atoms with E-state index in [0.717, 1.165) is 17.4 Å². The normalized spacial score (nSPS) is 11.3. The highest BCUT2D eigenvalue weighted by molar-refractivity contribution is 7.90. The fraction of sp³-hybridized carbons (Fsp3) is 0.278. The quantitative estimate of drug-likeness (QED) is 0.865. The summed E-state index contributed by atoms with van der Waals surface area (Å²) < 4.78 is 22.9. The number of hydrogen-bond acceptors (Lipinski definition) is 3. The smallest absolute Gasteiger partial charge is 0.253 e. The Kier molecular flexibility index (Phi) is 4.90. The van der Waals surface area contributed by atoms with Crippen molar-refractivity contribution < 1.29 is 13.2 Å². The third-order valence-electron chi connectivity index (χ3n) is 3.78. The van der Waals surface area contributed by atoms with Crippen LogP contribution in [0.25, 0.3) is 0 Å². The summed E-state index contributed by atoms with van der Waals surface area (Å²) in [6.07, 6.45) is 1.15. The van der Waals surface area contributed by atoms with Gasteiger partial charge in [-0.3, -0.25) is 4.79 Å². The van der Waals surface area contributed by atoms with E-state index in [0.29, 0.717) is 12.1 Å². The predicted octanol–water partition coefficient (Wildman–Crippen LogP) is 2.98. The average molecular weight is 331 g/mol. The van der Waals surface area contributed by atoms with Gasteiger partial charge in [-0.1, -0.05) is 23.8 Å². The first kappa shape index (κ1) is 17.2. The van der Waals surface area contributed by atoms with Crippen LogP contribution in [0.2, 0.25) is 0 Å². The van der Waals surface area contributed by atoms with Crippen LogP contribution >= 0.6 is 0 Å². The molecular weight excluding hydrogens is 310 g/mol. The average Bonchev–Trinajstić information content (AvgIpc) is 2.48. The zero-order valence-electron chi connectivity index (χ0n) is 13.8. The van der Waals surface area contributed by atoms with Crippen molar-refractivity contribution in [1.82, 2.24) is 4.90 Å². The van der Waals surface area contributed by atoms with Gasteiger partial charge in [-0.25, -0.2) is 8.42 Å². The lowest BCUT2D eigenvalue weighted by Crippen LogP contribution is -2.26. The minimum absolute atomic E-state index is 0.134. The van der Waals surface area contributed by atoms with Gasteiger partial charge < -0.3 is 4.90 Å². The zero-order chi connectivity index (χ0) is 17.2. The number of hydrogen-bond donors (Lipinski definition) is 0. The lowest BCUT2D eigenvalue weighted by molar-refractivity contribution is 0.0785. The van der Waals surface area contributed by atoms with Crippen LogP contribution in [0.5, 0.6) is 0 Å². The summed E-state index contributed by atoms with van der Waals surface area (Å²) in [5.41, 5.74) is 3.91. The maximum absolute atomic E-state index is 12.5. The maximum atomic E-state index is 12.5. The number of carbonyl (C=O) groups excluding carboxylic acids is 1. The van der Waals surface area contributed by atoms with Crippen LogP contribution in [-0.4, -0.2) is 32.5 Å². The first-order chi connectivity index (χ1) is 10.7. The van der Waals surface area contributed by atoms with E-state index < -0.39 is 9.84 Å². The molecular formula is C18H21NO3S. The molecule has 0 aromatic heterocycles. The van der Waals surface area contributed by atoms with Crippen LogP contribution in [0.15, 0.2) is 47.4 Å². The molecule has 0 saturated heterocycles. The minimum atomic E-state index is -3.25. The first-order valence-electron chi connectivity index (χ1n) is 7.30. The summed E-state index contributed by atoms with van der Waals surface area (Å²) in [4.78, 5) is 14.3. The second-order valence-electron chi connectivity index (χ2n) is 5.89. The topological polar surface area (TPSA) is 54.5 Å². The van der Waals surface area contributed by atoms with Gasteiger partial charge in [0, 0.05) is 25.4 Å². The Balaban J connectivity index is 2.16. The van der Waals surface area contributed by atoms with Crippen LogP contribution in [0, 0.1) is 13.8 Å². The molecule has 0 aliphatic rings. The van der Waals surface area contributed by atoms with Gasteiger partial charge in [0.05, 0.1) is 4.90 Å². The molecule has 0 fully saturated rings. The van der Waals surface area contributed by atoms with E-state index in [9.17, 15) is 13.2 Å². The van der Waals surface area contributed by atoms with E-state index in [2.05, 4.69) is 6.07 Å². The van der Waals surface area contributed by atoms with Gasteiger partial charge in [-0.15, -0.1) is 0 Å². The Morgan fingerprint density at radius 2 is 1.65 bits per heavy atom. The van der Waals surface area contributed by atoms with Gasteiger partial charge in [0.2, 0.25) is 0 Å². The fourth-order valence-electron chi connectivity index (χ4n) is 2.42. The van der Waals surface area contributed by atoms with E-state index >= 15 is 0 Å². The largest absolute Gasteiger partial charge is 0.337 e. The number of aryl methyl sites for hydroxylation is 2. The predicted molar refractivity (Wildman–Crippen MR) is 91.3 cm³/mol. The fourth-order valence-corrected chi connectivity index (χ4v) is 3.05. The second-order valence-corrected chi connectivity index (χ2v) is 7.90. The molecule has 4 nitrogen and oxygen atoms in total. The molecule has 2 rings (SSSR count). The molecule has 2 aromatic rings. The van der Waals surface area contributed by atoms with E-state index in [1.54, 1.807) is 24.1 Å². The van der Waals surface area contributed by atoms with Crippen molar-refractivity contribution in [2.24, 2.45) is 0 Å². The zero-order valence-corrected chi connectivity index (χ0v) is 14.6. The van der Waals surface area contributed by atoms with Crippen molar-refractivity contribution in [2.75, 3.05) is 13.3 Å². The van der Waals surface area contributed by atoms with Crippen molar-refractivity contribution in [2.45, 2.75) is 25.3 Å². The number of sulfone groups is 1. The molecule has 0 N–H and O–H groups in total. The Bertz CT molecular complexity index is 824. The monoisotopic (exact) mass is 331 g/mol. The summed E-state index contributed by atoms with van der Waals surface area (Å²) in [5.74, 6) is -0.134. The number of rotatable bonds is 4. The van der Waals surface area contributed by atoms with Crippen LogP contribution in [0.3, 0.4) is 0 Å². The van der Waals surface area contributed by atoms with E-state index in [1.807, 2.05) is 26.0 Å². The molecule has 0 aliphatic carbocycles. The van der Waals surface area contributed by atoms with Crippen molar-refractivity contribution in [3.63, 3.8) is 0 Å². The molecule has 0 unspecified atom stereocenters. The number of carbonyl (C=O) groups is 1. The minimum Gasteiger partial charge on any atom is -0.337 e. The molecule has 5 heteroatoms. The highest BCUT2D eigenvalue weighted by Gasteiger charge is 2.14. The lowest BCUT2D eigenvalue weighted by Gasteiger charge is -2.19. The summed E-state index contributed by atoms with van der Waals surface area (Å²) in [7, 11) is -1.51.